The highest BCUT2D eigenvalue weighted by atomic mass is 35.5. The number of tetrazole rings is 1. The number of amides is 1. The van der Waals surface area contributed by atoms with Gasteiger partial charge in [0.25, 0.3) is 0 Å². The molecule has 0 aliphatic heterocycles. The van der Waals surface area contributed by atoms with E-state index < -0.39 is 0 Å². The Morgan fingerprint density at radius 1 is 1.35 bits per heavy atom. The minimum absolute atomic E-state index is 0.0379. The summed E-state index contributed by atoms with van der Waals surface area (Å²) in [6.07, 6.45) is 5.34. The number of aromatic nitrogens is 4. The third kappa shape index (κ3) is 3.74. The van der Waals surface area contributed by atoms with Crippen molar-refractivity contribution in [3.63, 3.8) is 0 Å². The largest absolute Gasteiger partial charge is 0.353 e. The van der Waals surface area contributed by atoms with Gasteiger partial charge in [-0.05, 0) is 78.6 Å². The molecule has 0 spiro atoms. The van der Waals surface area contributed by atoms with Gasteiger partial charge in [-0.1, -0.05) is 29.8 Å². The first-order valence-corrected chi connectivity index (χ1v) is 10.4. The van der Waals surface area contributed by atoms with Gasteiger partial charge in [0.15, 0.2) is 0 Å². The van der Waals surface area contributed by atoms with Crippen LogP contribution in [0.2, 0.25) is 5.02 Å². The van der Waals surface area contributed by atoms with Crippen LogP contribution in [-0.4, -0.2) is 37.9 Å². The summed E-state index contributed by atoms with van der Waals surface area (Å²) in [6, 6.07) is 7.51. The first-order valence-electron chi connectivity index (χ1n) is 9.06. The zero-order valence-electron chi connectivity index (χ0n) is 14.6. The van der Waals surface area contributed by atoms with Crippen LogP contribution in [0.1, 0.15) is 32.6 Å². The van der Waals surface area contributed by atoms with Crippen LogP contribution in [0.3, 0.4) is 0 Å². The minimum Gasteiger partial charge on any atom is -0.353 e. The van der Waals surface area contributed by atoms with Crippen molar-refractivity contribution in [3.05, 3.63) is 29.3 Å². The molecule has 8 heteroatoms. The van der Waals surface area contributed by atoms with Gasteiger partial charge in [-0.2, -0.15) is 4.68 Å². The zero-order chi connectivity index (χ0) is 18.1. The molecule has 2 bridgehead atoms. The van der Waals surface area contributed by atoms with Crippen LogP contribution in [0.4, 0.5) is 0 Å². The molecule has 2 aromatic rings. The van der Waals surface area contributed by atoms with E-state index >= 15 is 0 Å². The number of thioether (sulfide) groups is 1. The van der Waals surface area contributed by atoms with E-state index in [9.17, 15) is 4.79 Å². The molecule has 4 atom stereocenters. The van der Waals surface area contributed by atoms with Crippen molar-refractivity contribution in [1.29, 1.82) is 0 Å². The third-order valence-corrected chi connectivity index (χ3v) is 6.84. The maximum Gasteiger partial charge on any atom is 0.230 e. The van der Waals surface area contributed by atoms with Crippen LogP contribution in [0.15, 0.2) is 29.4 Å². The summed E-state index contributed by atoms with van der Waals surface area (Å²) >= 11 is 7.26. The minimum atomic E-state index is 0.0379. The molecule has 26 heavy (non-hydrogen) atoms. The van der Waals surface area contributed by atoms with Gasteiger partial charge in [0.05, 0.1) is 11.4 Å². The van der Waals surface area contributed by atoms with Crippen molar-refractivity contribution < 1.29 is 4.79 Å². The summed E-state index contributed by atoms with van der Waals surface area (Å²) in [4.78, 5) is 12.4. The normalized spacial score (nSPS) is 25.4. The van der Waals surface area contributed by atoms with Crippen molar-refractivity contribution in [2.75, 3.05) is 5.75 Å². The third-order valence-electron chi connectivity index (χ3n) is 5.67. The van der Waals surface area contributed by atoms with Crippen LogP contribution in [0, 0.1) is 17.8 Å². The monoisotopic (exact) mass is 391 g/mol. The lowest BCUT2D eigenvalue weighted by molar-refractivity contribution is -0.119. The van der Waals surface area contributed by atoms with Crippen molar-refractivity contribution in [2.24, 2.45) is 17.8 Å². The van der Waals surface area contributed by atoms with Gasteiger partial charge in [0.1, 0.15) is 0 Å². The van der Waals surface area contributed by atoms with Gasteiger partial charge >= 0.3 is 0 Å². The molecule has 2 aliphatic carbocycles. The molecule has 6 nitrogen and oxygen atoms in total. The number of rotatable bonds is 6. The lowest BCUT2D eigenvalue weighted by atomic mass is 9.84. The smallest absolute Gasteiger partial charge is 0.230 e. The lowest BCUT2D eigenvalue weighted by Gasteiger charge is -2.28. The summed E-state index contributed by atoms with van der Waals surface area (Å²) < 4.78 is 1.62. The van der Waals surface area contributed by atoms with Crippen LogP contribution in [0.25, 0.3) is 5.69 Å². The van der Waals surface area contributed by atoms with Gasteiger partial charge in [-0.15, -0.1) is 5.10 Å². The van der Waals surface area contributed by atoms with E-state index in [1.54, 1.807) is 16.8 Å². The fourth-order valence-electron chi connectivity index (χ4n) is 4.45. The highest BCUT2D eigenvalue weighted by molar-refractivity contribution is 7.99. The number of hydrogen-bond acceptors (Lipinski definition) is 5. The fourth-order valence-corrected chi connectivity index (χ4v) is 5.28. The van der Waals surface area contributed by atoms with Gasteiger partial charge < -0.3 is 5.32 Å². The molecule has 0 saturated heterocycles. The van der Waals surface area contributed by atoms with Crippen molar-refractivity contribution in [3.8, 4) is 5.69 Å². The number of nitrogens with one attached hydrogen (secondary N) is 1. The molecule has 1 aromatic carbocycles. The summed E-state index contributed by atoms with van der Waals surface area (Å²) in [5, 5.41) is 16.2. The average molecular weight is 392 g/mol. The first-order chi connectivity index (χ1) is 12.6. The van der Waals surface area contributed by atoms with E-state index in [0.29, 0.717) is 21.8 Å². The van der Waals surface area contributed by atoms with E-state index in [1.807, 2.05) is 12.1 Å². The summed E-state index contributed by atoms with van der Waals surface area (Å²) in [7, 11) is 0. The number of hydrogen-bond donors (Lipinski definition) is 1. The highest BCUT2D eigenvalue weighted by Crippen LogP contribution is 2.49. The summed E-state index contributed by atoms with van der Waals surface area (Å²) in [5.41, 5.74) is 0.817. The van der Waals surface area contributed by atoms with E-state index in [4.69, 9.17) is 11.6 Å². The SMILES string of the molecule is CC(NC(=O)CSc1nnnn1-c1ccc(Cl)cc1)C1CC2CCC1C2. The van der Waals surface area contributed by atoms with Crippen LogP contribution in [0.5, 0.6) is 0 Å². The van der Waals surface area contributed by atoms with Crippen molar-refractivity contribution in [2.45, 2.75) is 43.8 Å². The quantitative estimate of drug-likeness (QED) is 0.764. The predicted octanol–water partition coefficient (Wildman–Crippen LogP) is 3.35. The van der Waals surface area contributed by atoms with Gasteiger partial charge in [-0.25, -0.2) is 0 Å². The Labute approximate surface area is 162 Å². The summed E-state index contributed by atoms with van der Waals surface area (Å²) in [5.74, 6) is 2.68. The number of benzene rings is 1. The maximum atomic E-state index is 12.4. The number of carbonyl (C=O) groups is 1. The Hall–Kier alpha value is -1.60. The maximum absolute atomic E-state index is 12.4. The highest BCUT2D eigenvalue weighted by Gasteiger charge is 2.42. The lowest BCUT2D eigenvalue weighted by Crippen LogP contribution is -2.40. The second-order valence-electron chi connectivity index (χ2n) is 7.33. The zero-order valence-corrected chi connectivity index (χ0v) is 16.2. The van der Waals surface area contributed by atoms with Crippen molar-refractivity contribution in [1.82, 2.24) is 25.5 Å². The topological polar surface area (TPSA) is 72.7 Å². The Kier molecular flexibility index (Phi) is 5.18. The van der Waals surface area contributed by atoms with Crippen LogP contribution < -0.4 is 5.32 Å². The van der Waals surface area contributed by atoms with E-state index in [0.717, 1.165) is 17.5 Å². The van der Waals surface area contributed by atoms with E-state index in [1.165, 1.54) is 37.4 Å². The molecule has 138 valence electrons. The molecule has 1 amide bonds. The Balaban J connectivity index is 1.32. The first kappa shape index (κ1) is 17.8. The molecule has 2 aliphatic rings. The van der Waals surface area contributed by atoms with Gasteiger partial charge in [-0.3, -0.25) is 4.79 Å². The number of carbonyl (C=O) groups excluding carboxylic acids is 1. The molecule has 1 aromatic heterocycles. The Morgan fingerprint density at radius 2 is 2.15 bits per heavy atom. The molecular weight excluding hydrogens is 370 g/mol. The second-order valence-corrected chi connectivity index (χ2v) is 8.71. The predicted molar refractivity (Wildman–Crippen MR) is 101 cm³/mol. The van der Waals surface area contributed by atoms with Crippen LogP contribution >= 0.6 is 23.4 Å². The average Bonchev–Trinajstić information content (AvgIpc) is 3.37. The van der Waals surface area contributed by atoms with Gasteiger partial charge in [0, 0.05) is 11.1 Å². The van der Waals surface area contributed by atoms with Crippen molar-refractivity contribution >= 4 is 29.3 Å². The molecular formula is C18H22ClN5OS. The molecule has 1 heterocycles. The summed E-state index contributed by atoms with van der Waals surface area (Å²) in [6.45, 7) is 2.14. The molecule has 1 N–H and O–H groups in total. The molecule has 0 radical (unpaired) electrons. The second kappa shape index (κ2) is 7.56. The van der Waals surface area contributed by atoms with Gasteiger partial charge in [0.2, 0.25) is 11.1 Å². The van der Waals surface area contributed by atoms with E-state index in [-0.39, 0.29) is 11.9 Å². The van der Waals surface area contributed by atoms with Crippen LogP contribution in [-0.2, 0) is 4.79 Å². The molecule has 2 saturated carbocycles. The molecule has 4 unspecified atom stereocenters. The standard InChI is InChI=1S/C18H22ClN5OS/c1-11(16-9-12-2-3-13(16)8-12)20-17(25)10-26-18-21-22-23-24(18)15-6-4-14(19)5-7-15/h4-7,11-13,16H,2-3,8-10H2,1H3,(H,20,25). The molecule has 4 rings (SSSR count). The molecule has 2 fully saturated rings. The number of halogens is 1. The number of fused-ring (bicyclic) bond motifs is 2. The fraction of sp³-hybridized carbons (Fsp3) is 0.556. The number of nitrogens with zero attached hydrogens (tertiary/aromatic N) is 4. The van der Waals surface area contributed by atoms with E-state index in [2.05, 4.69) is 27.8 Å². The Morgan fingerprint density at radius 3 is 2.85 bits per heavy atom. The Bertz CT molecular complexity index is 780.